The van der Waals surface area contributed by atoms with Crippen molar-refractivity contribution in [3.63, 3.8) is 0 Å². The fraction of sp³-hybridized carbons (Fsp3) is 0.533. The first-order chi connectivity index (χ1) is 10.1. The Morgan fingerprint density at radius 1 is 0.857 bits per heavy atom. The molecule has 2 aliphatic heterocycles. The number of rotatable bonds is 2. The molecule has 112 valence electrons. The standard InChI is InChI=1S/C15H18ClN3O2/c16-11-9-12(14(20)18-5-1-2-6-18)17-13(10-11)15(21)19-7-3-4-8-19/h9-10H,1-8H2. The third-order valence-corrected chi connectivity index (χ3v) is 4.23. The SMILES string of the molecule is O=C(c1cc(Cl)cc(C(=O)N2CCCC2)n1)N1CCCC1. The van der Waals surface area contributed by atoms with E-state index in [4.69, 9.17) is 11.6 Å². The van der Waals surface area contributed by atoms with E-state index < -0.39 is 0 Å². The number of carbonyl (C=O) groups excluding carboxylic acids is 2. The Bertz CT molecular complexity index is 518. The Morgan fingerprint density at radius 2 is 1.24 bits per heavy atom. The van der Waals surface area contributed by atoms with Gasteiger partial charge in [0.1, 0.15) is 11.4 Å². The lowest BCUT2D eigenvalue weighted by Gasteiger charge is -2.17. The van der Waals surface area contributed by atoms with Crippen LogP contribution in [0, 0.1) is 0 Å². The minimum atomic E-state index is -0.134. The first-order valence-electron chi connectivity index (χ1n) is 7.41. The lowest BCUT2D eigenvalue weighted by molar-refractivity contribution is 0.0780. The molecule has 0 radical (unpaired) electrons. The zero-order valence-corrected chi connectivity index (χ0v) is 12.6. The first kappa shape index (κ1) is 14.3. The van der Waals surface area contributed by atoms with Crippen molar-refractivity contribution >= 4 is 23.4 Å². The highest BCUT2D eigenvalue weighted by molar-refractivity contribution is 6.31. The second-order valence-electron chi connectivity index (χ2n) is 5.55. The fourth-order valence-corrected chi connectivity index (χ4v) is 3.09. The van der Waals surface area contributed by atoms with E-state index in [2.05, 4.69) is 4.98 Å². The molecule has 0 bridgehead atoms. The molecule has 0 saturated carbocycles. The summed E-state index contributed by atoms with van der Waals surface area (Å²) in [4.78, 5) is 32.5. The van der Waals surface area contributed by atoms with Crippen LogP contribution in [0.15, 0.2) is 12.1 Å². The van der Waals surface area contributed by atoms with E-state index in [1.165, 1.54) is 0 Å². The van der Waals surface area contributed by atoms with Gasteiger partial charge < -0.3 is 9.80 Å². The van der Waals surface area contributed by atoms with Crippen LogP contribution in [0.2, 0.25) is 5.02 Å². The number of likely N-dealkylation sites (tertiary alicyclic amines) is 2. The van der Waals surface area contributed by atoms with Gasteiger partial charge in [-0.2, -0.15) is 0 Å². The minimum Gasteiger partial charge on any atom is -0.337 e. The summed E-state index contributed by atoms with van der Waals surface area (Å²) in [6.45, 7) is 3.01. The molecule has 3 rings (SSSR count). The Hall–Kier alpha value is -1.62. The summed E-state index contributed by atoms with van der Waals surface area (Å²) in [5.74, 6) is -0.268. The maximum atomic E-state index is 12.4. The van der Waals surface area contributed by atoms with Crippen LogP contribution in [-0.2, 0) is 0 Å². The highest BCUT2D eigenvalue weighted by atomic mass is 35.5. The lowest BCUT2D eigenvalue weighted by atomic mass is 10.2. The summed E-state index contributed by atoms with van der Waals surface area (Å²) in [7, 11) is 0. The van der Waals surface area contributed by atoms with Crippen molar-refractivity contribution in [2.75, 3.05) is 26.2 Å². The summed E-state index contributed by atoms with van der Waals surface area (Å²) in [5.41, 5.74) is 0.541. The van der Waals surface area contributed by atoms with Crippen LogP contribution in [0.4, 0.5) is 0 Å². The second-order valence-corrected chi connectivity index (χ2v) is 5.99. The molecule has 0 aromatic carbocycles. The minimum absolute atomic E-state index is 0.134. The van der Waals surface area contributed by atoms with E-state index in [1.54, 1.807) is 21.9 Å². The van der Waals surface area contributed by atoms with Crippen LogP contribution in [-0.4, -0.2) is 52.8 Å². The van der Waals surface area contributed by atoms with E-state index >= 15 is 0 Å². The first-order valence-corrected chi connectivity index (χ1v) is 7.79. The topological polar surface area (TPSA) is 53.5 Å². The van der Waals surface area contributed by atoms with Gasteiger partial charge in [-0.1, -0.05) is 11.6 Å². The van der Waals surface area contributed by atoms with E-state index in [0.717, 1.165) is 51.9 Å². The summed E-state index contributed by atoms with van der Waals surface area (Å²) < 4.78 is 0. The van der Waals surface area contributed by atoms with Crippen molar-refractivity contribution in [1.29, 1.82) is 0 Å². The summed E-state index contributed by atoms with van der Waals surface area (Å²) in [6.07, 6.45) is 4.08. The molecule has 5 nitrogen and oxygen atoms in total. The number of aromatic nitrogens is 1. The molecule has 2 amide bonds. The Balaban J connectivity index is 1.85. The van der Waals surface area contributed by atoms with E-state index in [1.807, 2.05) is 0 Å². The van der Waals surface area contributed by atoms with Crippen molar-refractivity contribution in [2.24, 2.45) is 0 Å². The predicted octanol–water partition coefficient (Wildman–Crippen LogP) is 2.21. The molecule has 2 saturated heterocycles. The van der Waals surface area contributed by atoms with Gasteiger partial charge in [-0.05, 0) is 37.8 Å². The number of pyridine rings is 1. The average Bonchev–Trinajstić information content (AvgIpc) is 3.17. The van der Waals surface area contributed by atoms with Crippen molar-refractivity contribution in [3.8, 4) is 0 Å². The third-order valence-electron chi connectivity index (χ3n) is 4.01. The van der Waals surface area contributed by atoms with E-state index in [9.17, 15) is 9.59 Å². The van der Waals surface area contributed by atoms with Crippen LogP contribution in [0.25, 0.3) is 0 Å². The third kappa shape index (κ3) is 3.02. The molecule has 3 heterocycles. The van der Waals surface area contributed by atoms with E-state index in [0.29, 0.717) is 5.02 Å². The van der Waals surface area contributed by atoms with Crippen LogP contribution in [0.3, 0.4) is 0 Å². The van der Waals surface area contributed by atoms with Crippen molar-refractivity contribution in [2.45, 2.75) is 25.7 Å². The van der Waals surface area contributed by atoms with Crippen LogP contribution >= 0.6 is 11.6 Å². The molecule has 1 aromatic heterocycles. The summed E-state index contributed by atoms with van der Waals surface area (Å²) in [6, 6.07) is 3.09. The lowest BCUT2D eigenvalue weighted by Crippen LogP contribution is -2.31. The summed E-state index contributed by atoms with van der Waals surface area (Å²) >= 11 is 6.07. The van der Waals surface area contributed by atoms with Gasteiger partial charge in [-0.3, -0.25) is 9.59 Å². The van der Waals surface area contributed by atoms with Crippen molar-refractivity contribution < 1.29 is 9.59 Å². The predicted molar refractivity (Wildman–Crippen MR) is 79.5 cm³/mol. The number of amides is 2. The molecule has 0 spiro atoms. The normalized spacial score (nSPS) is 18.3. The molecule has 1 aromatic rings. The molecule has 21 heavy (non-hydrogen) atoms. The van der Waals surface area contributed by atoms with E-state index in [-0.39, 0.29) is 23.2 Å². The molecule has 2 aliphatic rings. The number of hydrogen-bond donors (Lipinski definition) is 0. The number of nitrogens with zero attached hydrogens (tertiary/aromatic N) is 3. The molecule has 0 unspecified atom stereocenters. The molecule has 0 aliphatic carbocycles. The quantitative estimate of drug-likeness (QED) is 0.842. The van der Waals surface area contributed by atoms with Gasteiger partial charge in [0, 0.05) is 31.2 Å². The monoisotopic (exact) mass is 307 g/mol. The zero-order valence-electron chi connectivity index (χ0n) is 11.8. The highest BCUT2D eigenvalue weighted by Crippen LogP contribution is 2.19. The van der Waals surface area contributed by atoms with Crippen LogP contribution in [0.5, 0.6) is 0 Å². The zero-order chi connectivity index (χ0) is 14.8. The van der Waals surface area contributed by atoms with Gasteiger partial charge in [0.2, 0.25) is 0 Å². The molecule has 0 N–H and O–H groups in total. The average molecular weight is 308 g/mol. The van der Waals surface area contributed by atoms with Gasteiger partial charge in [0.25, 0.3) is 11.8 Å². The Kier molecular flexibility index (Phi) is 4.10. The maximum absolute atomic E-state index is 12.4. The molecule has 6 heteroatoms. The van der Waals surface area contributed by atoms with Gasteiger partial charge in [0.15, 0.2) is 0 Å². The Labute approximate surface area is 128 Å². The van der Waals surface area contributed by atoms with Crippen LogP contribution in [0.1, 0.15) is 46.7 Å². The summed E-state index contributed by atoms with van der Waals surface area (Å²) in [5, 5.41) is 0.384. The van der Waals surface area contributed by atoms with Gasteiger partial charge >= 0.3 is 0 Å². The van der Waals surface area contributed by atoms with Gasteiger partial charge in [-0.15, -0.1) is 0 Å². The number of carbonyl (C=O) groups is 2. The smallest absolute Gasteiger partial charge is 0.272 e. The molecule has 0 atom stereocenters. The highest BCUT2D eigenvalue weighted by Gasteiger charge is 2.25. The van der Waals surface area contributed by atoms with Crippen molar-refractivity contribution in [3.05, 3.63) is 28.5 Å². The number of halogens is 1. The maximum Gasteiger partial charge on any atom is 0.272 e. The van der Waals surface area contributed by atoms with Gasteiger partial charge in [-0.25, -0.2) is 4.98 Å². The molecule has 2 fully saturated rings. The largest absolute Gasteiger partial charge is 0.337 e. The Morgan fingerprint density at radius 3 is 1.62 bits per heavy atom. The van der Waals surface area contributed by atoms with Gasteiger partial charge in [0.05, 0.1) is 0 Å². The molecular formula is C15H18ClN3O2. The number of hydrogen-bond acceptors (Lipinski definition) is 3. The van der Waals surface area contributed by atoms with Crippen LogP contribution < -0.4 is 0 Å². The fourth-order valence-electron chi connectivity index (χ4n) is 2.88. The second kappa shape index (κ2) is 6.02. The van der Waals surface area contributed by atoms with Crippen molar-refractivity contribution in [1.82, 2.24) is 14.8 Å². The molecular weight excluding hydrogens is 290 g/mol.